The Morgan fingerprint density at radius 3 is 3.00 bits per heavy atom. The van der Waals surface area contributed by atoms with Crippen molar-refractivity contribution in [3.05, 3.63) is 34.1 Å². The molecular weight excluding hydrogens is 289 g/mol. The van der Waals surface area contributed by atoms with Crippen molar-refractivity contribution in [3.8, 4) is 12.3 Å². The van der Waals surface area contributed by atoms with E-state index in [1.165, 1.54) is 19.2 Å². The van der Waals surface area contributed by atoms with Gasteiger partial charge in [-0.05, 0) is 18.2 Å². The minimum Gasteiger partial charge on any atom is -0.468 e. The third-order valence-electron chi connectivity index (χ3n) is 2.11. The van der Waals surface area contributed by atoms with Crippen LogP contribution in [0.4, 0.5) is 4.39 Å². The lowest BCUT2D eigenvalue weighted by atomic mass is 10.1. The Kier molecular flexibility index (Phi) is 5.13. The van der Waals surface area contributed by atoms with Crippen molar-refractivity contribution in [2.45, 2.75) is 6.04 Å². The van der Waals surface area contributed by atoms with E-state index in [0.717, 1.165) is 0 Å². The van der Waals surface area contributed by atoms with Gasteiger partial charge in [0.25, 0.3) is 0 Å². The largest absolute Gasteiger partial charge is 0.468 e. The summed E-state index contributed by atoms with van der Waals surface area (Å²) < 4.78 is 18.9. The normalized spacial score (nSPS) is 11.6. The Balaban J connectivity index is 3.08. The fourth-order valence-electron chi connectivity index (χ4n) is 1.33. The summed E-state index contributed by atoms with van der Waals surface area (Å²) in [6, 6.07) is 3.43. The summed E-state index contributed by atoms with van der Waals surface area (Å²) >= 11 is 3.22. The van der Waals surface area contributed by atoms with Crippen molar-refractivity contribution in [2.24, 2.45) is 0 Å². The number of ether oxygens (including phenoxy) is 1. The highest BCUT2D eigenvalue weighted by Gasteiger charge is 2.23. The molecule has 0 saturated heterocycles. The Morgan fingerprint density at radius 2 is 2.41 bits per heavy atom. The quantitative estimate of drug-likeness (QED) is 0.683. The van der Waals surface area contributed by atoms with Gasteiger partial charge < -0.3 is 4.74 Å². The second-order valence-corrected chi connectivity index (χ2v) is 4.12. The number of terminal acetylenes is 1. The van der Waals surface area contributed by atoms with Crippen LogP contribution in [0.25, 0.3) is 0 Å². The first-order valence-corrected chi connectivity index (χ1v) is 5.59. The first-order chi connectivity index (χ1) is 8.10. The van der Waals surface area contributed by atoms with Gasteiger partial charge in [0, 0.05) is 10.0 Å². The van der Waals surface area contributed by atoms with Crippen molar-refractivity contribution >= 4 is 21.9 Å². The first kappa shape index (κ1) is 13.7. The predicted octanol–water partition coefficient (Wildman–Crippen LogP) is 2.03. The molecule has 1 rings (SSSR count). The topological polar surface area (TPSA) is 38.3 Å². The lowest BCUT2D eigenvalue weighted by Crippen LogP contribution is -2.30. The van der Waals surface area contributed by atoms with Crippen molar-refractivity contribution in [3.63, 3.8) is 0 Å². The fourth-order valence-corrected chi connectivity index (χ4v) is 1.71. The molecule has 3 nitrogen and oxygen atoms in total. The van der Waals surface area contributed by atoms with Gasteiger partial charge >= 0.3 is 5.97 Å². The SMILES string of the molecule is C#CCNC(C(=O)OC)c1cc(Br)ccc1F. The summed E-state index contributed by atoms with van der Waals surface area (Å²) in [5, 5.41) is 2.73. The Labute approximate surface area is 107 Å². The van der Waals surface area contributed by atoms with Gasteiger partial charge in [-0.2, -0.15) is 0 Å². The highest BCUT2D eigenvalue weighted by molar-refractivity contribution is 9.10. The Morgan fingerprint density at radius 1 is 1.71 bits per heavy atom. The molecule has 5 heteroatoms. The van der Waals surface area contributed by atoms with Crippen LogP contribution < -0.4 is 5.32 Å². The zero-order valence-corrected chi connectivity index (χ0v) is 10.8. The smallest absolute Gasteiger partial charge is 0.327 e. The molecule has 0 bridgehead atoms. The first-order valence-electron chi connectivity index (χ1n) is 4.79. The fraction of sp³-hybridized carbons (Fsp3) is 0.250. The second-order valence-electron chi connectivity index (χ2n) is 3.21. The van der Waals surface area contributed by atoms with Gasteiger partial charge in [-0.25, -0.2) is 9.18 Å². The molecule has 17 heavy (non-hydrogen) atoms. The maximum Gasteiger partial charge on any atom is 0.327 e. The minimum atomic E-state index is -0.909. The zero-order chi connectivity index (χ0) is 12.8. The van der Waals surface area contributed by atoms with Crippen LogP contribution in [0.1, 0.15) is 11.6 Å². The van der Waals surface area contributed by atoms with Gasteiger partial charge in [0.15, 0.2) is 0 Å². The molecule has 0 saturated carbocycles. The van der Waals surface area contributed by atoms with E-state index < -0.39 is 17.8 Å². The predicted molar refractivity (Wildman–Crippen MR) is 65.7 cm³/mol. The summed E-state index contributed by atoms with van der Waals surface area (Å²) in [5.41, 5.74) is 0.196. The zero-order valence-electron chi connectivity index (χ0n) is 9.17. The van der Waals surface area contributed by atoms with Gasteiger partial charge in [-0.3, -0.25) is 5.32 Å². The highest BCUT2D eigenvalue weighted by atomic mass is 79.9. The average molecular weight is 300 g/mol. The van der Waals surface area contributed by atoms with E-state index in [0.29, 0.717) is 4.47 Å². The molecule has 1 N–H and O–H groups in total. The van der Waals surface area contributed by atoms with Crippen molar-refractivity contribution in [2.75, 3.05) is 13.7 Å². The molecule has 90 valence electrons. The maximum absolute atomic E-state index is 13.6. The molecule has 0 aliphatic carbocycles. The molecule has 0 fully saturated rings. The number of hydrogen-bond acceptors (Lipinski definition) is 3. The molecule has 0 heterocycles. The molecule has 0 amide bonds. The Hall–Kier alpha value is -1.38. The molecule has 0 aliphatic heterocycles. The number of nitrogens with one attached hydrogen (secondary N) is 1. The van der Waals surface area contributed by atoms with Gasteiger partial charge in [-0.15, -0.1) is 6.42 Å². The van der Waals surface area contributed by atoms with E-state index >= 15 is 0 Å². The van der Waals surface area contributed by atoms with E-state index in [9.17, 15) is 9.18 Å². The van der Waals surface area contributed by atoms with Crippen LogP contribution in [0.2, 0.25) is 0 Å². The molecule has 1 aromatic carbocycles. The number of esters is 1. The third-order valence-corrected chi connectivity index (χ3v) is 2.61. The number of halogens is 2. The van der Waals surface area contributed by atoms with Crippen LogP contribution in [-0.4, -0.2) is 19.6 Å². The third kappa shape index (κ3) is 3.55. The van der Waals surface area contributed by atoms with Gasteiger partial charge in [0.2, 0.25) is 0 Å². The van der Waals surface area contributed by atoms with E-state index in [1.807, 2.05) is 0 Å². The van der Waals surface area contributed by atoms with E-state index in [-0.39, 0.29) is 12.1 Å². The molecule has 0 radical (unpaired) electrons. The summed E-state index contributed by atoms with van der Waals surface area (Å²) in [6.07, 6.45) is 5.10. The number of carbonyl (C=O) groups excluding carboxylic acids is 1. The minimum absolute atomic E-state index is 0.145. The molecule has 1 aromatic rings. The number of rotatable bonds is 4. The van der Waals surface area contributed by atoms with E-state index in [1.54, 1.807) is 6.07 Å². The summed E-state index contributed by atoms with van der Waals surface area (Å²) in [4.78, 5) is 11.5. The molecule has 0 aromatic heterocycles. The lowest BCUT2D eigenvalue weighted by Gasteiger charge is -2.16. The molecular formula is C12H11BrFNO2. The van der Waals surface area contributed by atoms with Gasteiger partial charge in [-0.1, -0.05) is 21.9 Å². The molecule has 1 unspecified atom stereocenters. The van der Waals surface area contributed by atoms with Crippen molar-refractivity contribution in [1.82, 2.24) is 5.32 Å². The number of methoxy groups -OCH3 is 1. The summed E-state index contributed by atoms with van der Waals surface area (Å²) in [6.45, 7) is 0.145. The van der Waals surface area contributed by atoms with Gasteiger partial charge in [0.05, 0.1) is 13.7 Å². The average Bonchev–Trinajstić information content (AvgIpc) is 2.33. The summed E-state index contributed by atoms with van der Waals surface area (Å²) in [7, 11) is 1.24. The number of hydrogen-bond donors (Lipinski definition) is 1. The summed E-state index contributed by atoms with van der Waals surface area (Å²) in [5.74, 6) is 1.25. The van der Waals surface area contributed by atoms with Crippen molar-refractivity contribution < 1.29 is 13.9 Å². The number of carbonyl (C=O) groups is 1. The monoisotopic (exact) mass is 299 g/mol. The molecule has 1 atom stereocenters. The maximum atomic E-state index is 13.6. The highest BCUT2D eigenvalue weighted by Crippen LogP contribution is 2.22. The van der Waals surface area contributed by atoms with Crippen LogP contribution in [0.5, 0.6) is 0 Å². The van der Waals surface area contributed by atoms with Crippen LogP contribution in [0, 0.1) is 18.2 Å². The van der Waals surface area contributed by atoms with Crippen LogP contribution in [0.15, 0.2) is 22.7 Å². The number of benzene rings is 1. The van der Waals surface area contributed by atoms with Crippen LogP contribution in [-0.2, 0) is 9.53 Å². The second kappa shape index (κ2) is 6.38. The van der Waals surface area contributed by atoms with Gasteiger partial charge in [0.1, 0.15) is 11.9 Å². The van der Waals surface area contributed by atoms with E-state index in [2.05, 4.69) is 31.9 Å². The van der Waals surface area contributed by atoms with Crippen molar-refractivity contribution in [1.29, 1.82) is 0 Å². The van der Waals surface area contributed by atoms with E-state index in [4.69, 9.17) is 6.42 Å². The molecule has 0 spiro atoms. The van der Waals surface area contributed by atoms with Crippen LogP contribution >= 0.6 is 15.9 Å². The lowest BCUT2D eigenvalue weighted by molar-refractivity contribution is -0.143. The molecule has 0 aliphatic rings. The Bertz CT molecular complexity index is 456. The standard InChI is InChI=1S/C12H11BrFNO2/c1-3-6-15-11(12(16)17-2)9-7-8(13)4-5-10(9)14/h1,4-5,7,11,15H,6H2,2H3. The van der Waals surface area contributed by atoms with Crippen LogP contribution in [0.3, 0.4) is 0 Å².